The summed E-state index contributed by atoms with van der Waals surface area (Å²) in [4.78, 5) is 12.2. The van der Waals surface area contributed by atoms with Gasteiger partial charge in [0.2, 0.25) is 0 Å². The lowest BCUT2D eigenvalue weighted by atomic mass is 9.79. The summed E-state index contributed by atoms with van der Waals surface area (Å²) in [5, 5.41) is 3.28. The average Bonchev–Trinajstić information content (AvgIpc) is 2.67. The van der Waals surface area contributed by atoms with Gasteiger partial charge in [0.25, 0.3) is 0 Å². The Labute approximate surface area is 85.8 Å². The second-order valence-corrected chi connectivity index (χ2v) is 4.79. The molecule has 0 saturated carbocycles. The van der Waals surface area contributed by atoms with Crippen molar-refractivity contribution < 1.29 is 4.79 Å². The lowest BCUT2D eigenvalue weighted by molar-refractivity contribution is -0.123. The molecule has 2 aliphatic rings. The van der Waals surface area contributed by atoms with Gasteiger partial charge in [-0.1, -0.05) is 13.0 Å². The number of nitrogens with one attached hydrogen (secondary N) is 1. The Hall–Kier alpha value is -0.630. The highest BCUT2D eigenvalue weighted by Gasteiger charge is 2.37. The minimum atomic E-state index is -0.108. The van der Waals surface area contributed by atoms with Crippen LogP contribution in [0.25, 0.3) is 0 Å². The normalized spacial score (nSPS) is 32.8. The van der Waals surface area contributed by atoms with Gasteiger partial charge in [-0.05, 0) is 44.2 Å². The topological polar surface area (TPSA) is 29.1 Å². The molecule has 1 heterocycles. The van der Waals surface area contributed by atoms with Crippen LogP contribution in [0.5, 0.6) is 0 Å². The summed E-state index contributed by atoms with van der Waals surface area (Å²) >= 11 is 0. The van der Waals surface area contributed by atoms with Crippen LogP contribution >= 0.6 is 0 Å². The summed E-state index contributed by atoms with van der Waals surface area (Å²) < 4.78 is 0. The average molecular weight is 193 g/mol. The molecule has 0 radical (unpaired) electrons. The van der Waals surface area contributed by atoms with Crippen molar-refractivity contribution in [1.82, 2.24) is 5.32 Å². The lowest BCUT2D eigenvalue weighted by Crippen LogP contribution is -2.31. The zero-order valence-corrected chi connectivity index (χ0v) is 8.94. The number of rotatable bonds is 2. The van der Waals surface area contributed by atoms with Gasteiger partial charge in [-0.25, -0.2) is 0 Å². The van der Waals surface area contributed by atoms with E-state index in [9.17, 15) is 4.79 Å². The Bertz CT molecular complexity index is 261. The number of carbonyl (C=O) groups is 1. The predicted octanol–water partition coefficient (Wildman–Crippen LogP) is 2.06. The van der Waals surface area contributed by atoms with Gasteiger partial charge in [0, 0.05) is 12.0 Å². The van der Waals surface area contributed by atoms with E-state index >= 15 is 0 Å². The highest BCUT2D eigenvalue weighted by molar-refractivity contribution is 6.00. The summed E-state index contributed by atoms with van der Waals surface area (Å²) in [5.41, 5.74) is 0.992. The van der Waals surface area contributed by atoms with Gasteiger partial charge in [-0.3, -0.25) is 4.79 Å². The molecule has 1 saturated heterocycles. The quantitative estimate of drug-likeness (QED) is 0.727. The molecule has 1 fully saturated rings. The summed E-state index contributed by atoms with van der Waals surface area (Å²) in [6.45, 7) is 3.96. The molecular formula is C12H19NO. The molecule has 14 heavy (non-hydrogen) atoms. The number of allylic oxidation sites excluding steroid dienone is 2. The summed E-state index contributed by atoms with van der Waals surface area (Å²) in [6.07, 6.45) is 7.73. The van der Waals surface area contributed by atoms with Crippen LogP contribution < -0.4 is 5.32 Å². The van der Waals surface area contributed by atoms with E-state index in [1.54, 1.807) is 0 Å². The summed E-state index contributed by atoms with van der Waals surface area (Å²) in [6, 6.07) is 0. The Morgan fingerprint density at radius 2 is 2.36 bits per heavy atom. The van der Waals surface area contributed by atoms with E-state index < -0.39 is 0 Å². The van der Waals surface area contributed by atoms with Crippen molar-refractivity contribution in [2.75, 3.05) is 13.1 Å². The van der Waals surface area contributed by atoms with E-state index in [1.807, 2.05) is 0 Å². The molecule has 0 bridgehead atoms. The fourth-order valence-electron chi connectivity index (χ4n) is 2.44. The molecule has 1 atom stereocenters. The van der Waals surface area contributed by atoms with Crippen LogP contribution in [0.15, 0.2) is 11.6 Å². The van der Waals surface area contributed by atoms with Crippen LogP contribution in [0.4, 0.5) is 0 Å². The zero-order chi connectivity index (χ0) is 10.0. The number of hydrogen-bond donors (Lipinski definition) is 1. The fraction of sp³-hybridized carbons (Fsp3) is 0.750. The van der Waals surface area contributed by atoms with E-state index in [1.165, 1.54) is 12.8 Å². The number of ketones is 1. The Morgan fingerprint density at radius 3 is 2.93 bits per heavy atom. The van der Waals surface area contributed by atoms with E-state index in [0.717, 1.165) is 37.9 Å². The largest absolute Gasteiger partial charge is 0.316 e. The summed E-state index contributed by atoms with van der Waals surface area (Å²) in [7, 11) is 0. The van der Waals surface area contributed by atoms with Gasteiger partial charge in [-0.15, -0.1) is 0 Å². The number of carbonyl (C=O) groups excluding carboxylic acids is 1. The zero-order valence-electron chi connectivity index (χ0n) is 8.94. The van der Waals surface area contributed by atoms with Gasteiger partial charge in [-0.2, -0.15) is 0 Å². The third-order valence-electron chi connectivity index (χ3n) is 3.50. The van der Waals surface area contributed by atoms with Gasteiger partial charge in [0.1, 0.15) is 0 Å². The van der Waals surface area contributed by atoms with Crippen LogP contribution in [0.3, 0.4) is 0 Å². The van der Waals surface area contributed by atoms with Crippen LogP contribution in [0.1, 0.15) is 39.0 Å². The number of Topliss-reactive ketones (excluding diaryl/α,β-unsaturated/α-hetero) is 1. The first-order chi connectivity index (χ1) is 6.72. The molecule has 2 heteroatoms. The molecule has 0 amide bonds. The van der Waals surface area contributed by atoms with Crippen molar-refractivity contribution in [2.24, 2.45) is 5.41 Å². The maximum absolute atomic E-state index is 12.2. The van der Waals surface area contributed by atoms with Gasteiger partial charge < -0.3 is 5.32 Å². The van der Waals surface area contributed by atoms with E-state index in [2.05, 4.69) is 18.3 Å². The molecule has 0 aromatic heterocycles. The standard InChI is InChI=1S/C12H19NO/c1-12(7-8-13-9-12)11(14)10-5-3-2-4-6-10/h5,13H,2-4,6-9H2,1H3. The number of hydrogen-bond acceptors (Lipinski definition) is 2. The van der Waals surface area contributed by atoms with Crippen LogP contribution in [-0.2, 0) is 4.79 Å². The van der Waals surface area contributed by atoms with Crippen molar-refractivity contribution >= 4 is 5.78 Å². The van der Waals surface area contributed by atoms with Crippen molar-refractivity contribution in [2.45, 2.75) is 39.0 Å². The molecule has 78 valence electrons. The first-order valence-electron chi connectivity index (χ1n) is 5.67. The first-order valence-corrected chi connectivity index (χ1v) is 5.67. The summed E-state index contributed by atoms with van der Waals surface area (Å²) in [5.74, 6) is 0.405. The molecule has 0 spiro atoms. The third-order valence-corrected chi connectivity index (χ3v) is 3.50. The molecule has 0 aromatic carbocycles. The Balaban J connectivity index is 2.10. The Kier molecular flexibility index (Phi) is 2.73. The van der Waals surface area contributed by atoms with Crippen LogP contribution in [0.2, 0.25) is 0 Å². The molecule has 2 nitrogen and oxygen atoms in total. The molecule has 1 aliphatic carbocycles. The minimum absolute atomic E-state index is 0.108. The van der Waals surface area contributed by atoms with E-state index in [0.29, 0.717) is 5.78 Å². The second kappa shape index (κ2) is 3.85. The van der Waals surface area contributed by atoms with Crippen molar-refractivity contribution in [1.29, 1.82) is 0 Å². The van der Waals surface area contributed by atoms with Gasteiger partial charge >= 0.3 is 0 Å². The molecule has 1 aliphatic heterocycles. The van der Waals surface area contributed by atoms with Gasteiger partial charge in [0.05, 0.1) is 0 Å². The lowest BCUT2D eigenvalue weighted by Gasteiger charge is -2.24. The third kappa shape index (κ3) is 1.76. The fourth-order valence-corrected chi connectivity index (χ4v) is 2.44. The highest BCUT2D eigenvalue weighted by atomic mass is 16.1. The predicted molar refractivity (Wildman–Crippen MR) is 57.2 cm³/mol. The van der Waals surface area contributed by atoms with Crippen LogP contribution in [0, 0.1) is 5.41 Å². The van der Waals surface area contributed by atoms with Crippen molar-refractivity contribution in [3.05, 3.63) is 11.6 Å². The monoisotopic (exact) mass is 193 g/mol. The molecule has 1 N–H and O–H groups in total. The van der Waals surface area contributed by atoms with E-state index in [-0.39, 0.29) is 5.41 Å². The molecule has 2 rings (SSSR count). The van der Waals surface area contributed by atoms with E-state index in [4.69, 9.17) is 0 Å². The van der Waals surface area contributed by atoms with Crippen LogP contribution in [-0.4, -0.2) is 18.9 Å². The maximum Gasteiger partial charge on any atom is 0.165 e. The molecule has 0 aromatic rings. The van der Waals surface area contributed by atoms with Crippen molar-refractivity contribution in [3.8, 4) is 0 Å². The highest BCUT2D eigenvalue weighted by Crippen LogP contribution is 2.32. The van der Waals surface area contributed by atoms with Gasteiger partial charge in [0.15, 0.2) is 5.78 Å². The first kappa shape index (κ1) is 9.91. The second-order valence-electron chi connectivity index (χ2n) is 4.79. The smallest absolute Gasteiger partial charge is 0.165 e. The minimum Gasteiger partial charge on any atom is -0.316 e. The molecule has 1 unspecified atom stereocenters. The maximum atomic E-state index is 12.2. The molecular weight excluding hydrogens is 174 g/mol. The van der Waals surface area contributed by atoms with Crippen molar-refractivity contribution in [3.63, 3.8) is 0 Å². The Morgan fingerprint density at radius 1 is 1.50 bits per heavy atom. The SMILES string of the molecule is CC1(C(=O)C2=CCCCC2)CCNC1.